The van der Waals surface area contributed by atoms with Gasteiger partial charge in [-0.25, -0.2) is 0 Å². The number of piperazine rings is 1. The van der Waals surface area contributed by atoms with Crippen LogP contribution in [0.1, 0.15) is 16.5 Å². The largest absolute Gasteiger partial charge is 0.353 e. The molecule has 0 bridgehead atoms. The number of hydrogen-bond donors (Lipinski definition) is 3. The Morgan fingerprint density at radius 3 is 3.12 bits per heavy atom. The van der Waals surface area contributed by atoms with Crippen LogP contribution in [0.25, 0.3) is 0 Å². The molecule has 1 aromatic heterocycles. The normalized spacial score (nSPS) is 19.8. The van der Waals surface area contributed by atoms with Gasteiger partial charge in [0.25, 0.3) is 11.7 Å². The molecule has 0 aromatic carbocycles. The van der Waals surface area contributed by atoms with Crippen molar-refractivity contribution in [3.05, 3.63) is 11.7 Å². The Hall–Kier alpha value is -1.96. The average Bonchev–Trinajstić information content (AvgIpc) is 2.80. The van der Waals surface area contributed by atoms with Crippen LogP contribution in [0.5, 0.6) is 0 Å². The summed E-state index contributed by atoms with van der Waals surface area (Å²) in [4.78, 5) is 26.5. The van der Waals surface area contributed by atoms with Gasteiger partial charge < -0.3 is 20.5 Å². The Morgan fingerprint density at radius 2 is 2.41 bits per heavy atom. The number of nitrogens with one attached hydrogen (secondary N) is 3. The number of carbonyl (C=O) groups excluding carboxylic acids is 2. The van der Waals surface area contributed by atoms with Crippen molar-refractivity contribution < 1.29 is 14.1 Å². The molecular formula is C9H13N5O3. The predicted molar refractivity (Wildman–Crippen MR) is 56.2 cm³/mol. The van der Waals surface area contributed by atoms with Crippen LogP contribution in [0.2, 0.25) is 0 Å². The van der Waals surface area contributed by atoms with E-state index in [4.69, 9.17) is 4.52 Å². The SMILES string of the molecule is CNC(=O)c1noc(CC2NCCNC2=O)n1. The van der Waals surface area contributed by atoms with Crippen LogP contribution in [-0.4, -0.2) is 48.1 Å². The van der Waals surface area contributed by atoms with E-state index in [1.807, 2.05) is 0 Å². The molecule has 1 unspecified atom stereocenters. The maximum absolute atomic E-state index is 11.5. The van der Waals surface area contributed by atoms with Gasteiger partial charge in [-0.05, 0) is 0 Å². The molecule has 0 aliphatic carbocycles. The first kappa shape index (κ1) is 11.5. The molecule has 1 aliphatic rings. The first-order valence-corrected chi connectivity index (χ1v) is 5.26. The minimum atomic E-state index is -0.416. The molecule has 2 amide bonds. The molecule has 3 N–H and O–H groups in total. The van der Waals surface area contributed by atoms with E-state index in [9.17, 15) is 9.59 Å². The van der Waals surface area contributed by atoms with Gasteiger partial charge in [0.15, 0.2) is 0 Å². The zero-order valence-corrected chi connectivity index (χ0v) is 9.32. The summed E-state index contributed by atoms with van der Waals surface area (Å²) >= 11 is 0. The summed E-state index contributed by atoms with van der Waals surface area (Å²) in [6, 6.07) is -0.387. The van der Waals surface area contributed by atoms with Crippen molar-refractivity contribution in [2.24, 2.45) is 0 Å². The zero-order chi connectivity index (χ0) is 12.3. The smallest absolute Gasteiger partial charge is 0.292 e. The third kappa shape index (κ3) is 2.59. The van der Waals surface area contributed by atoms with Gasteiger partial charge >= 0.3 is 0 Å². The zero-order valence-electron chi connectivity index (χ0n) is 9.32. The van der Waals surface area contributed by atoms with Crippen LogP contribution in [0.15, 0.2) is 4.52 Å². The molecule has 8 nitrogen and oxygen atoms in total. The maximum atomic E-state index is 11.5. The van der Waals surface area contributed by atoms with Crippen LogP contribution in [0.3, 0.4) is 0 Å². The molecule has 0 spiro atoms. The lowest BCUT2D eigenvalue weighted by atomic mass is 10.1. The van der Waals surface area contributed by atoms with E-state index in [2.05, 4.69) is 26.1 Å². The minimum absolute atomic E-state index is 0.0290. The van der Waals surface area contributed by atoms with Crippen LogP contribution in [0, 0.1) is 0 Å². The number of nitrogens with zero attached hydrogens (tertiary/aromatic N) is 2. The number of aromatic nitrogens is 2. The Kier molecular flexibility index (Phi) is 3.33. The Morgan fingerprint density at radius 1 is 1.59 bits per heavy atom. The molecule has 1 aromatic rings. The molecule has 1 aliphatic heterocycles. The van der Waals surface area contributed by atoms with Gasteiger partial charge in [-0.2, -0.15) is 4.98 Å². The second kappa shape index (κ2) is 4.91. The van der Waals surface area contributed by atoms with Crippen molar-refractivity contribution in [1.29, 1.82) is 0 Å². The number of carbonyl (C=O) groups is 2. The Bertz CT molecular complexity index is 430. The van der Waals surface area contributed by atoms with Crippen molar-refractivity contribution >= 4 is 11.8 Å². The number of rotatable bonds is 3. The predicted octanol–water partition coefficient (Wildman–Crippen LogP) is -1.94. The summed E-state index contributed by atoms with van der Waals surface area (Å²) in [5.41, 5.74) is 0. The van der Waals surface area contributed by atoms with E-state index < -0.39 is 5.91 Å². The van der Waals surface area contributed by atoms with Crippen LogP contribution < -0.4 is 16.0 Å². The highest BCUT2D eigenvalue weighted by atomic mass is 16.5. The summed E-state index contributed by atoms with van der Waals surface area (Å²) in [6.45, 7) is 1.31. The fourth-order valence-electron chi connectivity index (χ4n) is 1.53. The molecule has 2 heterocycles. The third-order valence-electron chi connectivity index (χ3n) is 2.41. The van der Waals surface area contributed by atoms with E-state index in [-0.39, 0.29) is 30.1 Å². The first-order chi connectivity index (χ1) is 8.20. The summed E-state index contributed by atoms with van der Waals surface area (Å²) in [5, 5.41) is 11.7. The topological polar surface area (TPSA) is 109 Å². The molecule has 1 fully saturated rings. The highest BCUT2D eigenvalue weighted by molar-refractivity contribution is 5.89. The van der Waals surface area contributed by atoms with Gasteiger partial charge in [-0.15, -0.1) is 0 Å². The van der Waals surface area contributed by atoms with Gasteiger partial charge in [0, 0.05) is 20.1 Å². The van der Waals surface area contributed by atoms with Gasteiger partial charge in [-0.1, -0.05) is 5.16 Å². The molecule has 0 radical (unpaired) electrons. The highest BCUT2D eigenvalue weighted by Crippen LogP contribution is 2.03. The summed E-state index contributed by atoms with van der Waals surface area (Å²) in [6.07, 6.45) is 0.274. The second-order valence-corrected chi connectivity index (χ2v) is 3.59. The van der Waals surface area contributed by atoms with Crippen LogP contribution in [-0.2, 0) is 11.2 Å². The molecule has 1 saturated heterocycles. The number of hydrogen-bond acceptors (Lipinski definition) is 6. The van der Waals surface area contributed by atoms with E-state index in [1.165, 1.54) is 7.05 Å². The lowest BCUT2D eigenvalue weighted by Gasteiger charge is -2.21. The standard InChI is InChI=1S/C9H13N5O3/c1-10-9(16)7-13-6(17-14-7)4-5-8(15)12-3-2-11-5/h5,11H,2-4H2,1H3,(H,10,16)(H,12,15). The van der Waals surface area contributed by atoms with Gasteiger partial charge in [0.2, 0.25) is 11.8 Å². The van der Waals surface area contributed by atoms with Crippen molar-refractivity contribution in [2.45, 2.75) is 12.5 Å². The summed E-state index contributed by atoms with van der Waals surface area (Å²) in [7, 11) is 1.48. The van der Waals surface area contributed by atoms with Crippen molar-refractivity contribution in [2.75, 3.05) is 20.1 Å². The summed E-state index contributed by atoms with van der Waals surface area (Å²) < 4.78 is 4.90. The minimum Gasteiger partial charge on any atom is -0.353 e. The van der Waals surface area contributed by atoms with Gasteiger partial charge in [0.1, 0.15) is 0 Å². The van der Waals surface area contributed by atoms with Crippen molar-refractivity contribution in [3.8, 4) is 0 Å². The molecule has 92 valence electrons. The Labute approximate surface area is 97.1 Å². The van der Waals surface area contributed by atoms with Gasteiger partial charge in [0.05, 0.1) is 12.5 Å². The fourth-order valence-corrected chi connectivity index (χ4v) is 1.53. The second-order valence-electron chi connectivity index (χ2n) is 3.59. The molecule has 0 saturated carbocycles. The lowest BCUT2D eigenvalue weighted by Crippen LogP contribution is -2.53. The molecular weight excluding hydrogens is 226 g/mol. The highest BCUT2D eigenvalue weighted by Gasteiger charge is 2.24. The quantitative estimate of drug-likeness (QED) is 0.566. The lowest BCUT2D eigenvalue weighted by molar-refractivity contribution is -0.124. The molecule has 2 rings (SSSR count). The van der Waals surface area contributed by atoms with Crippen LogP contribution in [0.4, 0.5) is 0 Å². The van der Waals surface area contributed by atoms with E-state index in [0.29, 0.717) is 13.1 Å². The van der Waals surface area contributed by atoms with E-state index in [1.54, 1.807) is 0 Å². The average molecular weight is 239 g/mol. The molecule has 17 heavy (non-hydrogen) atoms. The van der Waals surface area contributed by atoms with Crippen molar-refractivity contribution in [3.63, 3.8) is 0 Å². The molecule has 1 atom stereocenters. The Balaban J connectivity index is 2.01. The number of amides is 2. The monoisotopic (exact) mass is 239 g/mol. The van der Waals surface area contributed by atoms with E-state index in [0.717, 1.165) is 0 Å². The maximum Gasteiger partial charge on any atom is 0.292 e. The third-order valence-corrected chi connectivity index (χ3v) is 2.41. The van der Waals surface area contributed by atoms with Gasteiger partial charge in [-0.3, -0.25) is 9.59 Å². The van der Waals surface area contributed by atoms with Crippen molar-refractivity contribution in [1.82, 2.24) is 26.1 Å². The fraction of sp³-hybridized carbons (Fsp3) is 0.556. The first-order valence-electron chi connectivity index (χ1n) is 5.26. The molecule has 8 heteroatoms. The van der Waals surface area contributed by atoms with Crippen LogP contribution >= 0.6 is 0 Å². The van der Waals surface area contributed by atoms with E-state index >= 15 is 0 Å². The summed E-state index contributed by atoms with van der Waals surface area (Å²) in [5.74, 6) is -0.283.